The molecule has 1 unspecified atom stereocenters. The molecular weight excluding hydrogens is 973 g/mol. The highest BCUT2D eigenvalue weighted by atomic mass is 16.6. The van der Waals surface area contributed by atoms with Crippen LogP contribution in [-0.2, 0) is 28.6 Å². The molecule has 0 spiro atoms. The van der Waals surface area contributed by atoms with Crippen LogP contribution in [0.25, 0.3) is 0 Å². The van der Waals surface area contributed by atoms with Crippen molar-refractivity contribution in [1.29, 1.82) is 0 Å². The fourth-order valence-corrected chi connectivity index (χ4v) is 10.0. The second-order valence-corrected chi connectivity index (χ2v) is 23.1. The quantitative estimate of drug-likeness (QED) is 0.0261. The Morgan fingerprint density at radius 3 is 0.797 bits per heavy atom. The third-order valence-electron chi connectivity index (χ3n) is 15.2. The number of allylic oxidation sites excluding steroid dienone is 12. The van der Waals surface area contributed by atoms with Crippen LogP contribution in [0.15, 0.2) is 72.9 Å². The summed E-state index contributed by atoms with van der Waals surface area (Å²) in [6.45, 7) is 6.53. The Kier molecular flexibility index (Phi) is 64.7. The minimum Gasteiger partial charge on any atom is -0.462 e. The first-order chi connectivity index (χ1) is 39.0. The summed E-state index contributed by atoms with van der Waals surface area (Å²) in [4.78, 5) is 38.3. The van der Waals surface area contributed by atoms with Gasteiger partial charge in [0.1, 0.15) is 13.2 Å². The van der Waals surface area contributed by atoms with Crippen molar-refractivity contribution < 1.29 is 28.6 Å². The molecule has 0 bridgehead atoms. The van der Waals surface area contributed by atoms with Crippen LogP contribution in [0.5, 0.6) is 0 Å². The van der Waals surface area contributed by atoms with Crippen LogP contribution in [0, 0.1) is 0 Å². The molecule has 0 N–H and O–H groups in total. The maximum absolute atomic E-state index is 12.9. The lowest BCUT2D eigenvalue weighted by molar-refractivity contribution is -0.167. The number of ether oxygens (including phenoxy) is 3. The van der Waals surface area contributed by atoms with Gasteiger partial charge in [0.05, 0.1) is 0 Å². The van der Waals surface area contributed by atoms with Gasteiger partial charge in [-0.05, 0) is 109 Å². The average molecular weight is 1100 g/mol. The van der Waals surface area contributed by atoms with Gasteiger partial charge in [0.25, 0.3) is 0 Å². The van der Waals surface area contributed by atoms with Gasteiger partial charge in [-0.3, -0.25) is 14.4 Å². The molecule has 0 fully saturated rings. The molecule has 458 valence electrons. The minimum atomic E-state index is -0.792. The van der Waals surface area contributed by atoms with Gasteiger partial charge in [-0.15, -0.1) is 0 Å². The van der Waals surface area contributed by atoms with Crippen LogP contribution in [0.1, 0.15) is 355 Å². The number of carbonyl (C=O) groups excluding carboxylic acids is 3. The molecule has 0 rings (SSSR count). The van der Waals surface area contributed by atoms with E-state index >= 15 is 0 Å². The van der Waals surface area contributed by atoms with Crippen molar-refractivity contribution in [2.24, 2.45) is 0 Å². The molecule has 1 atom stereocenters. The minimum absolute atomic E-state index is 0.0854. The molecule has 6 heteroatoms. The second-order valence-electron chi connectivity index (χ2n) is 23.1. The fraction of sp³-hybridized carbons (Fsp3) is 0.795. The van der Waals surface area contributed by atoms with E-state index in [9.17, 15) is 14.4 Å². The number of hydrogen-bond donors (Lipinski definition) is 0. The van der Waals surface area contributed by atoms with Crippen LogP contribution in [0.3, 0.4) is 0 Å². The average Bonchev–Trinajstić information content (AvgIpc) is 3.45. The van der Waals surface area contributed by atoms with E-state index in [-0.39, 0.29) is 31.1 Å². The summed E-state index contributed by atoms with van der Waals surface area (Å²) in [7, 11) is 0. The van der Waals surface area contributed by atoms with Crippen molar-refractivity contribution >= 4 is 17.9 Å². The first-order valence-electron chi connectivity index (χ1n) is 34.4. The number of rotatable bonds is 63. The Hall–Kier alpha value is -3.15. The van der Waals surface area contributed by atoms with Crippen LogP contribution in [0.2, 0.25) is 0 Å². The molecule has 79 heavy (non-hydrogen) atoms. The molecule has 0 saturated heterocycles. The largest absolute Gasteiger partial charge is 0.462 e. The van der Waals surface area contributed by atoms with Crippen LogP contribution < -0.4 is 0 Å². The molecule has 0 aromatic rings. The third-order valence-corrected chi connectivity index (χ3v) is 15.2. The number of esters is 3. The predicted octanol–water partition coefficient (Wildman–Crippen LogP) is 23.7. The Labute approximate surface area is 491 Å². The molecule has 0 aliphatic rings. The Bertz CT molecular complexity index is 1450. The molecule has 0 aromatic carbocycles. The summed E-state index contributed by atoms with van der Waals surface area (Å²) < 4.78 is 16.9. The van der Waals surface area contributed by atoms with Gasteiger partial charge < -0.3 is 14.2 Å². The van der Waals surface area contributed by atoms with E-state index < -0.39 is 6.10 Å². The Morgan fingerprint density at radius 1 is 0.266 bits per heavy atom. The predicted molar refractivity (Wildman–Crippen MR) is 344 cm³/mol. The highest BCUT2D eigenvalue weighted by Crippen LogP contribution is 2.17. The molecule has 0 amide bonds. The highest BCUT2D eigenvalue weighted by Gasteiger charge is 2.19. The van der Waals surface area contributed by atoms with Gasteiger partial charge in [-0.1, -0.05) is 299 Å². The van der Waals surface area contributed by atoms with Crippen molar-refractivity contribution in [1.82, 2.24) is 0 Å². The van der Waals surface area contributed by atoms with E-state index in [1.165, 1.54) is 212 Å². The Morgan fingerprint density at radius 2 is 0.494 bits per heavy atom. The van der Waals surface area contributed by atoms with Crippen molar-refractivity contribution in [2.45, 2.75) is 361 Å². The summed E-state index contributed by atoms with van der Waals surface area (Å²) in [6, 6.07) is 0. The van der Waals surface area contributed by atoms with Gasteiger partial charge in [0, 0.05) is 19.3 Å². The summed E-state index contributed by atoms with van der Waals surface area (Å²) in [5.74, 6) is -0.902. The topological polar surface area (TPSA) is 78.9 Å². The maximum Gasteiger partial charge on any atom is 0.306 e. The second kappa shape index (κ2) is 67.4. The summed E-state index contributed by atoms with van der Waals surface area (Å²) in [5.41, 5.74) is 0. The monoisotopic (exact) mass is 1100 g/mol. The van der Waals surface area contributed by atoms with Crippen molar-refractivity contribution in [3.63, 3.8) is 0 Å². The van der Waals surface area contributed by atoms with Gasteiger partial charge >= 0.3 is 17.9 Å². The zero-order valence-corrected chi connectivity index (χ0v) is 52.6. The van der Waals surface area contributed by atoms with Crippen LogP contribution >= 0.6 is 0 Å². The lowest BCUT2D eigenvalue weighted by Gasteiger charge is -2.18. The Balaban J connectivity index is 4.18. The van der Waals surface area contributed by atoms with E-state index in [4.69, 9.17) is 14.2 Å². The normalized spacial score (nSPS) is 12.5. The van der Waals surface area contributed by atoms with E-state index in [1.807, 2.05) is 0 Å². The lowest BCUT2D eigenvalue weighted by atomic mass is 10.0. The molecular formula is C73H130O6. The van der Waals surface area contributed by atoms with E-state index in [0.29, 0.717) is 19.3 Å². The number of carbonyl (C=O) groups is 3. The van der Waals surface area contributed by atoms with Crippen LogP contribution in [-0.4, -0.2) is 37.2 Å². The first-order valence-corrected chi connectivity index (χ1v) is 34.4. The zero-order valence-electron chi connectivity index (χ0n) is 52.6. The summed E-state index contributed by atoms with van der Waals surface area (Å²) in [6.07, 6.45) is 88.0. The smallest absolute Gasteiger partial charge is 0.306 e. The third kappa shape index (κ3) is 65.5. The lowest BCUT2D eigenvalue weighted by Crippen LogP contribution is -2.30. The van der Waals surface area contributed by atoms with E-state index in [1.54, 1.807) is 0 Å². The van der Waals surface area contributed by atoms with Gasteiger partial charge in [-0.2, -0.15) is 0 Å². The molecule has 0 saturated carbocycles. The van der Waals surface area contributed by atoms with Gasteiger partial charge in [0.2, 0.25) is 0 Å². The molecule has 0 aromatic heterocycles. The number of hydrogen-bond acceptors (Lipinski definition) is 6. The summed E-state index contributed by atoms with van der Waals surface area (Å²) >= 11 is 0. The highest BCUT2D eigenvalue weighted by molar-refractivity contribution is 5.71. The molecule has 6 nitrogen and oxygen atoms in total. The molecule has 0 radical (unpaired) electrons. The standard InChI is InChI=1S/C73H130O6/c1-4-7-10-13-16-19-22-25-27-29-30-31-32-33-34-35-36-37-38-39-40-41-42-44-45-48-51-54-57-60-63-66-72(75)78-69-70(68-77-71(74)65-62-59-56-53-50-47-24-21-18-15-12-9-6-3)79-73(76)67-64-61-58-55-52-49-46-43-28-26-23-20-17-14-11-8-5-2/h8,11,17,20-21,24,26,28-30,46,49,70H,4-7,9-10,12-16,18-19,22-23,25,27,31-45,47-48,50-69H2,1-3H3/b11-8-,20-17-,24-21-,28-26-,30-29-,49-46-. The SMILES string of the molecule is CC/C=C\C/C=C\C/C=C\C/C=C\CCCCCCC(=O)OC(COC(=O)CCCCCCC/C=C\CCCCCC)COC(=O)CCCCCCCCCCCCCCCCCCCCC/C=C\CCCCCCCCCC. The number of unbranched alkanes of at least 4 members (excludes halogenated alkanes) is 40. The first kappa shape index (κ1) is 75.8. The molecule has 0 aliphatic heterocycles. The van der Waals surface area contributed by atoms with Crippen molar-refractivity contribution in [2.75, 3.05) is 13.2 Å². The van der Waals surface area contributed by atoms with Crippen molar-refractivity contribution in [3.05, 3.63) is 72.9 Å². The summed E-state index contributed by atoms with van der Waals surface area (Å²) in [5, 5.41) is 0. The maximum atomic E-state index is 12.9. The zero-order chi connectivity index (χ0) is 57.1. The molecule has 0 aliphatic carbocycles. The van der Waals surface area contributed by atoms with Crippen LogP contribution in [0.4, 0.5) is 0 Å². The molecule has 0 heterocycles. The van der Waals surface area contributed by atoms with E-state index in [2.05, 4.69) is 93.7 Å². The fourth-order valence-electron chi connectivity index (χ4n) is 10.0. The van der Waals surface area contributed by atoms with Crippen molar-refractivity contribution in [3.8, 4) is 0 Å². The van der Waals surface area contributed by atoms with Gasteiger partial charge in [0.15, 0.2) is 6.10 Å². The van der Waals surface area contributed by atoms with E-state index in [0.717, 1.165) is 103 Å². The van der Waals surface area contributed by atoms with Gasteiger partial charge in [-0.25, -0.2) is 0 Å².